The molecule has 0 fully saturated rings. The van der Waals surface area contributed by atoms with E-state index in [0.29, 0.717) is 17.1 Å². The molecule has 0 saturated carbocycles. The summed E-state index contributed by atoms with van der Waals surface area (Å²) < 4.78 is 20.0. The molecule has 0 radical (unpaired) electrons. The molecule has 3 aromatic carbocycles. The number of carbonyl (C=O) groups is 1. The molecule has 8 nitrogen and oxygen atoms in total. The summed E-state index contributed by atoms with van der Waals surface area (Å²) in [5.41, 5.74) is 2.37. The zero-order valence-electron chi connectivity index (χ0n) is 19.8. The molecule has 0 bridgehead atoms. The Morgan fingerprint density at radius 1 is 0.667 bits per heavy atom. The van der Waals surface area contributed by atoms with E-state index >= 15 is 0 Å². The van der Waals surface area contributed by atoms with Gasteiger partial charge in [-0.3, -0.25) is 13.8 Å². The second-order valence-corrected chi connectivity index (χ2v) is 11.5. The first kappa shape index (κ1) is 27.3. The van der Waals surface area contributed by atoms with Gasteiger partial charge in [0.1, 0.15) is 12.0 Å². The van der Waals surface area contributed by atoms with Crippen LogP contribution in [0.15, 0.2) is 83.0 Å². The molecule has 0 aromatic heterocycles. The van der Waals surface area contributed by atoms with Crippen LogP contribution in [-0.2, 0) is 23.6 Å². The van der Waals surface area contributed by atoms with E-state index in [0.717, 1.165) is 23.2 Å². The van der Waals surface area contributed by atoms with E-state index in [-0.39, 0.29) is 0 Å². The standard InChI is InChI=1S/C24H24N4O4P2S2/c1-27(25-16-19-4-10-22(30-3)11-5-19)33(35)31-23-12-6-20(7-13-23)17-26-28(2)34(36)32-24-14-8-21(18-29)9-15-24/h4-18H,1-3H3/q+2/b25-16+,26-17+. The summed E-state index contributed by atoms with van der Waals surface area (Å²) in [6.45, 7) is 0. The van der Waals surface area contributed by atoms with Crippen LogP contribution in [-0.4, -0.2) is 49.5 Å². The van der Waals surface area contributed by atoms with Gasteiger partial charge in [-0.05, 0) is 83.9 Å². The van der Waals surface area contributed by atoms with Crippen LogP contribution < -0.4 is 13.8 Å². The fraction of sp³-hybridized carbons (Fsp3) is 0.125. The van der Waals surface area contributed by atoms with E-state index in [1.54, 1.807) is 67.5 Å². The summed E-state index contributed by atoms with van der Waals surface area (Å²) in [5, 5.41) is 8.74. The van der Waals surface area contributed by atoms with E-state index in [2.05, 4.69) is 10.2 Å². The minimum absolute atomic E-state index is 0.575. The van der Waals surface area contributed by atoms with Crippen LogP contribution in [0, 0.1) is 0 Å². The van der Waals surface area contributed by atoms with Gasteiger partial charge in [-0.1, -0.05) is 9.56 Å². The van der Waals surface area contributed by atoms with Crippen molar-refractivity contribution in [1.29, 1.82) is 0 Å². The average molecular weight is 559 g/mol. The van der Waals surface area contributed by atoms with Gasteiger partial charge in [-0.2, -0.15) is 0 Å². The maximum atomic E-state index is 10.8. The van der Waals surface area contributed by atoms with Crippen molar-refractivity contribution in [2.24, 2.45) is 10.2 Å². The Kier molecular flexibility index (Phi) is 10.4. The number of nitrogens with zero attached hydrogens (tertiary/aromatic N) is 4. The molecule has 3 rings (SSSR count). The van der Waals surface area contributed by atoms with E-state index in [4.69, 9.17) is 37.4 Å². The molecule has 0 aliphatic heterocycles. The highest BCUT2D eigenvalue weighted by atomic mass is 32.4. The molecule has 36 heavy (non-hydrogen) atoms. The molecule has 0 N–H and O–H groups in total. The fourth-order valence-corrected chi connectivity index (χ4v) is 4.48. The minimum Gasteiger partial charge on any atom is -0.497 e. The Morgan fingerprint density at radius 2 is 1.03 bits per heavy atom. The molecule has 2 atom stereocenters. The first-order valence-corrected chi connectivity index (χ1v) is 15.0. The zero-order chi connectivity index (χ0) is 25.9. The van der Waals surface area contributed by atoms with Crippen molar-refractivity contribution in [3.63, 3.8) is 0 Å². The molecular weight excluding hydrogens is 534 g/mol. The SMILES string of the molecule is COc1ccc(/C=N/N(C)[P+](=S)Oc2ccc(/C=N/N(C)[P+](=S)Oc3ccc(C=O)cc3)cc2)cc1. The third-order valence-corrected chi connectivity index (χ3v) is 8.35. The third-order valence-electron chi connectivity index (χ3n) is 4.60. The van der Waals surface area contributed by atoms with Gasteiger partial charge >= 0.3 is 14.1 Å². The highest BCUT2D eigenvalue weighted by Gasteiger charge is 2.21. The second kappa shape index (κ2) is 13.7. The Bertz CT molecular complexity index is 1250. The van der Waals surface area contributed by atoms with Crippen LogP contribution in [0.1, 0.15) is 21.5 Å². The van der Waals surface area contributed by atoms with Crippen LogP contribution >= 0.6 is 14.1 Å². The number of ether oxygens (including phenoxy) is 1. The quantitative estimate of drug-likeness (QED) is 0.121. The van der Waals surface area contributed by atoms with Gasteiger partial charge < -0.3 is 4.74 Å². The Morgan fingerprint density at radius 3 is 1.39 bits per heavy atom. The van der Waals surface area contributed by atoms with Crippen LogP contribution in [0.3, 0.4) is 0 Å². The van der Waals surface area contributed by atoms with Gasteiger partial charge in [-0.15, -0.1) is 10.2 Å². The van der Waals surface area contributed by atoms with E-state index in [1.165, 1.54) is 0 Å². The minimum atomic E-state index is -1.41. The molecule has 12 heteroatoms. The molecule has 0 heterocycles. The fourth-order valence-electron chi connectivity index (χ4n) is 2.60. The summed E-state index contributed by atoms with van der Waals surface area (Å²) in [6, 6.07) is 21.7. The van der Waals surface area contributed by atoms with Crippen molar-refractivity contribution in [2.45, 2.75) is 0 Å². The van der Waals surface area contributed by atoms with Gasteiger partial charge in [0.2, 0.25) is 23.6 Å². The zero-order valence-corrected chi connectivity index (χ0v) is 23.2. The largest absolute Gasteiger partial charge is 0.540 e. The normalized spacial score (nSPS) is 11.8. The number of hydrazone groups is 2. The molecule has 0 aliphatic rings. The first-order valence-electron chi connectivity index (χ1n) is 10.5. The number of rotatable bonds is 12. The van der Waals surface area contributed by atoms with Gasteiger partial charge in [0.05, 0.1) is 33.6 Å². The highest BCUT2D eigenvalue weighted by Crippen LogP contribution is 2.31. The molecule has 184 valence electrons. The molecular formula is C24H24N4O4P2S2+2. The monoisotopic (exact) mass is 558 g/mol. The molecule has 0 aliphatic carbocycles. The van der Waals surface area contributed by atoms with Crippen molar-refractivity contribution >= 4 is 56.5 Å². The highest BCUT2D eigenvalue weighted by molar-refractivity contribution is 8.02. The first-order chi connectivity index (χ1) is 17.4. The van der Waals surface area contributed by atoms with Crippen LogP contribution in [0.5, 0.6) is 17.2 Å². The van der Waals surface area contributed by atoms with Gasteiger partial charge in [0.25, 0.3) is 0 Å². The Hall–Kier alpha value is -3.29. The number of aldehydes is 1. The topological polar surface area (TPSA) is 76.0 Å². The van der Waals surface area contributed by atoms with Crippen molar-refractivity contribution in [3.8, 4) is 17.2 Å². The van der Waals surface area contributed by atoms with Crippen LogP contribution in [0.25, 0.3) is 0 Å². The molecule has 0 spiro atoms. The smallest absolute Gasteiger partial charge is 0.497 e. The number of hydrogen-bond acceptors (Lipinski definition) is 8. The lowest BCUT2D eigenvalue weighted by atomic mass is 10.2. The lowest BCUT2D eigenvalue weighted by molar-refractivity contribution is 0.112. The van der Waals surface area contributed by atoms with Gasteiger partial charge in [-0.25, -0.2) is 0 Å². The maximum Gasteiger partial charge on any atom is 0.540 e. The van der Waals surface area contributed by atoms with Crippen molar-refractivity contribution in [2.75, 3.05) is 21.2 Å². The van der Waals surface area contributed by atoms with Crippen LogP contribution in [0.4, 0.5) is 0 Å². The summed E-state index contributed by atoms with van der Waals surface area (Å²) in [7, 11) is 2.37. The van der Waals surface area contributed by atoms with E-state index < -0.39 is 14.1 Å². The summed E-state index contributed by atoms with van der Waals surface area (Å²) >= 11 is 10.9. The molecule has 3 aromatic rings. The second-order valence-electron chi connectivity index (χ2n) is 7.16. The maximum absolute atomic E-state index is 10.8. The van der Waals surface area contributed by atoms with Crippen molar-refractivity contribution in [1.82, 2.24) is 9.56 Å². The Labute approximate surface area is 222 Å². The number of methoxy groups -OCH3 is 1. The van der Waals surface area contributed by atoms with Gasteiger partial charge in [0, 0.05) is 5.56 Å². The van der Waals surface area contributed by atoms with Crippen molar-refractivity contribution < 1.29 is 18.6 Å². The lowest BCUT2D eigenvalue weighted by Crippen LogP contribution is -2.04. The average Bonchev–Trinajstić information content (AvgIpc) is 2.91. The molecule has 2 unspecified atom stereocenters. The van der Waals surface area contributed by atoms with E-state index in [1.807, 2.05) is 48.5 Å². The number of benzene rings is 3. The predicted octanol–water partition coefficient (Wildman–Crippen LogP) is 5.74. The number of carbonyl (C=O) groups excluding carboxylic acids is 1. The molecule has 0 saturated heterocycles. The Balaban J connectivity index is 1.50. The van der Waals surface area contributed by atoms with Crippen LogP contribution in [0.2, 0.25) is 0 Å². The molecule has 0 amide bonds. The summed E-state index contributed by atoms with van der Waals surface area (Å²) in [4.78, 5) is 10.8. The predicted molar refractivity (Wildman–Crippen MR) is 152 cm³/mol. The third kappa shape index (κ3) is 8.43. The lowest BCUT2D eigenvalue weighted by Gasteiger charge is -2.03. The van der Waals surface area contributed by atoms with E-state index in [9.17, 15) is 4.79 Å². The van der Waals surface area contributed by atoms with Crippen molar-refractivity contribution in [3.05, 3.63) is 89.5 Å². The summed E-state index contributed by atoms with van der Waals surface area (Å²) in [5.74, 6) is 2.01. The van der Waals surface area contributed by atoms with Gasteiger partial charge in [0.15, 0.2) is 11.5 Å². The number of hydrogen-bond donors (Lipinski definition) is 0. The summed E-state index contributed by atoms with van der Waals surface area (Å²) in [6.07, 6.45) is 4.18.